The largest absolute Gasteiger partial charge is 0.339 e. The fourth-order valence-corrected chi connectivity index (χ4v) is 2.07. The molecule has 0 radical (unpaired) electrons. The summed E-state index contributed by atoms with van der Waals surface area (Å²) in [5, 5.41) is 4.74. The monoisotopic (exact) mass is 312 g/mol. The predicted molar refractivity (Wildman–Crippen MR) is 77.9 cm³/mol. The molecule has 0 aliphatic rings. The molecule has 0 bridgehead atoms. The number of nitrogens with zero attached hydrogens (tertiary/aromatic N) is 2. The van der Waals surface area contributed by atoms with E-state index in [0.29, 0.717) is 39.7 Å². The van der Waals surface area contributed by atoms with E-state index in [0.717, 1.165) is 0 Å². The molecule has 0 unspecified atom stereocenters. The van der Waals surface area contributed by atoms with E-state index >= 15 is 0 Å². The summed E-state index contributed by atoms with van der Waals surface area (Å²) >= 11 is 11.8. The highest BCUT2D eigenvalue weighted by atomic mass is 35.5. The molecular formula is C14H14Cl2N2O2. The van der Waals surface area contributed by atoms with Crippen LogP contribution in [0.2, 0.25) is 10.0 Å². The average Bonchev–Trinajstić information content (AvgIpc) is 2.80. The Morgan fingerprint density at radius 1 is 1.30 bits per heavy atom. The van der Waals surface area contributed by atoms with Crippen molar-refractivity contribution in [2.24, 2.45) is 5.92 Å². The van der Waals surface area contributed by atoms with E-state index in [9.17, 15) is 4.79 Å². The molecule has 0 spiro atoms. The molecule has 6 heteroatoms. The third-order valence-electron chi connectivity index (χ3n) is 2.63. The second-order valence-electron chi connectivity index (χ2n) is 4.95. The average molecular weight is 313 g/mol. The molecule has 0 N–H and O–H groups in total. The van der Waals surface area contributed by atoms with E-state index in [1.165, 1.54) is 0 Å². The van der Waals surface area contributed by atoms with Gasteiger partial charge in [-0.2, -0.15) is 4.98 Å². The van der Waals surface area contributed by atoms with Gasteiger partial charge in [0.1, 0.15) is 5.78 Å². The second-order valence-corrected chi connectivity index (χ2v) is 5.77. The first-order valence-electron chi connectivity index (χ1n) is 6.25. The van der Waals surface area contributed by atoms with Crippen LogP contribution in [0.3, 0.4) is 0 Å². The third-order valence-corrected chi connectivity index (χ3v) is 3.37. The first-order chi connectivity index (χ1) is 9.45. The minimum atomic E-state index is 0.0874. The number of carbonyl (C=O) groups excluding carboxylic acids is 1. The van der Waals surface area contributed by atoms with Crippen LogP contribution >= 0.6 is 23.2 Å². The number of halogens is 2. The summed E-state index contributed by atoms with van der Waals surface area (Å²) in [6, 6.07) is 5.08. The number of carbonyl (C=O) groups is 1. The highest BCUT2D eigenvalue weighted by molar-refractivity contribution is 6.42. The highest BCUT2D eigenvalue weighted by Gasteiger charge is 2.14. The van der Waals surface area contributed by atoms with Crippen molar-refractivity contribution in [3.8, 4) is 11.4 Å². The molecule has 0 amide bonds. The summed E-state index contributed by atoms with van der Waals surface area (Å²) < 4.78 is 5.08. The maximum absolute atomic E-state index is 11.7. The van der Waals surface area contributed by atoms with Gasteiger partial charge in [0.2, 0.25) is 11.7 Å². The van der Waals surface area contributed by atoms with Crippen LogP contribution in [0, 0.1) is 5.92 Å². The number of aromatic nitrogens is 2. The van der Waals surface area contributed by atoms with Gasteiger partial charge in [0.15, 0.2) is 0 Å². The van der Waals surface area contributed by atoms with Crippen molar-refractivity contribution in [1.29, 1.82) is 0 Å². The zero-order valence-electron chi connectivity index (χ0n) is 11.2. The van der Waals surface area contributed by atoms with E-state index in [-0.39, 0.29) is 12.2 Å². The predicted octanol–water partition coefficient (Wildman–Crippen LogP) is 4.20. The van der Waals surface area contributed by atoms with Crippen molar-refractivity contribution in [2.45, 2.75) is 26.7 Å². The molecule has 0 fully saturated rings. The first-order valence-corrected chi connectivity index (χ1v) is 7.01. The molecule has 1 heterocycles. The number of Topliss-reactive ketones (excluding diaryl/α,β-unsaturated/α-hetero) is 1. The fraction of sp³-hybridized carbons (Fsp3) is 0.357. The number of ketones is 1. The third kappa shape index (κ3) is 3.81. The minimum Gasteiger partial charge on any atom is -0.339 e. The van der Waals surface area contributed by atoms with E-state index in [2.05, 4.69) is 10.1 Å². The van der Waals surface area contributed by atoms with Crippen LogP contribution in [0.1, 0.15) is 26.2 Å². The van der Waals surface area contributed by atoms with E-state index in [4.69, 9.17) is 27.7 Å². The molecule has 1 aromatic carbocycles. The molecule has 2 aromatic rings. The second kappa shape index (κ2) is 6.37. The van der Waals surface area contributed by atoms with Crippen molar-refractivity contribution < 1.29 is 9.32 Å². The number of rotatable bonds is 5. The van der Waals surface area contributed by atoms with Gasteiger partial charge in [0.05, 0.1) is 16.5 Å². The zero-order valence-corrected chi connectivity index (χ0v) is 12.7. The summed E-state index contributed by atoms with van der Waals surface area (Å²) in [4.78, 5) is 15.9. The Bertz CT molecular complexity index is 623. The van der Waals surface area contributed by atoms with Crippen molar-refractivity contribution in [3.63, 3.8) is 0 Å². The van der Waals surface area contributed by atoms with E-state index in [1.807, 2.05) is 13.8 Å². The molecule has 4 nitrogen and oxygen atoms in total. The molecule has 2 rings (SSSR count). The summed E-state index contributed by atoms with van der Waals surface area (Å²) in [7, 11) is 0. The smallest absolute Gasteiger partial charge is 0.234 e. The van der Waals surface area contributed by atoms with Gasteiger partial charge >= 0.3 is 0 Å². The molecular weight excluding hydrogens is 299 g/mol. The number of benzene rings is 1. The van der Waals surface area contributed by atoms with Gasteiger partial charge in [0, 0.05) is 12.0 Å². The van der Waals surface area contributed by atoms with Crippen LogP contribution in [0.25, 0.3) is 11.4 Å². The molecule has 106 valence electrons. The summed E-state index contributed by atoms with van der Waals surface area (Å²) in [6.07, 6.45) is 0.664. The van der Waals surface area contributed by atoms with Crippen molar-refractivity contribution >= 4 is 29.0 Å². The summed E-state index contributed by atoms with van der Waals surface area (Å²) in [5.41, 5.74) is 0.700. The van der Waals surface area contributed by atoms with Crippen molar-refractivity contribution in [3.05, 3.63) is 34.1 Å². The van der Waals surface area contributed by atoms with Gasteiger partial charge in [-0.25, -0.2) is 0 Å². The lowest BCUT2D eigenvalue weighted by atomic mass is 10.1. The van der Waals surface area contributed by atoms with Gasteiger partial charge in [-0.3, -0.25) is 4.79 Å². The van der Waals surface area contributed by atoms with Crippen LogP contribution in [-0.2, 0) is 11.2 Å². The van der Waals surface area contributed by atoms with Crippen LogP contribution in [0.15, 0.2) is 22.7 Å². The van der Waals surface area contributed by atoms with Crippen LogP contribution < -0.4 is 0 Å². The topological polar surface area (TPSA) is 56.0 Å². The Morgan fingerprint density at radius 3 is 2.70 bits per heavy atom. The van der Waals surface area contributed by atoms with Crippen LogP contribution in [0.5, 0.6) is 0 Å². The zero-order chi connectivity index (χ0) is 14.7. The molecule has 0 aliphatic carbocycles. The number of hydrogen-bond donors (Lipinski definition) is 0. The number of hydrogen-bond acceptors (Lipinski definition) is 4. The van der Waals surface area contributed by atoms with Gasteiger partial charge in [0.25, 0.3) is 0 Å². The lowest BCUT2D eigenvalue weighted by Gasteiger charge is -2.00. The lowest BCUT2D eigenvalue weighted by molar-refractivity contribution is -0.119. The lowest BCUT2D eigenvalue weighted by Crippen LogP contribution is -2.06. The standard InChI is InChI=1S/C14H14Cl2N2O2/c1-8(2)5-10(19)7-13-17-14(18-20-13)9-3-4-11(15)12(16)6-9/h3-4,6,8H,5,7H2,1-2H3. The molecule has 0 atom stereocenters. The molecule has 0 saturated heterocycles. The Balaban J connectivity index is 2.12. The maximum Gasteiger partial charge on any atom is 0.234 e. The molecule has 1 aromatic heterocycles. The molecule has 0 aliphatic heterocycles. The Labute approximate surface area is 127 Å². The van der Waals surface area contributed by atoms with Gasteiger partial charge in [-0.15, -0.1) is 0 Å². The van der Waals surface area contributed by atoms with Crippen molar-refractivity contribution in [2.75, 3.05) is 0 Å². The minimum absolute atomic E-state index is 0.0874. The van der Waals surface area contributed by atoms with Gasteiger partial charge < -0.3 is 4.52 Å². The fourth-order valence-electron chi connectivity index (χ4n) is 1.78. The highest BCUT2D eigenvalue weighted by Crippen LogP contribution is 2.27. The Kier molecular flexibility index (Phi) is 4.78. The molecule has 20 heavy (non-hydrogen) atoms. The Hall–Kier alpha value is -1.39. The van der Waals surface area contributed by atoms with E-state index < -0.39 is 0 Å². The Morgan fingerprint density at radius 2 is 2.05 bits per heavy atom. The van der Waals surface area contributed by atoms with Gasteiger partial charge in [-0.1, -0.05) is 42.2 Å². The van der Waals surface area contributed by atoms with Gasteiger partial charge in [-0.05, 0) is 24.1 Å². The van der Waals surface area contributed by atoms with Crippen molar-refractivity contribution in [1.82, 2.24) is 10.1 Å². The van der Waals surface area contributed by atoms with Crippen LogP contribution in [0.4, 0.5) is 0 Å². The van der Waals surface area contributed by atoms with Crippen LogP contribution in [-0.4, -0.2) is 15.9 Å². The normalized spacial score (nSPS) is 11.1. The summed E-state index contributed by atoms with van der Waals surface area (Å²) in [6.45, 7) is 3.99. The first kappa shape index (κ1) is 15.0. The van der Waals surface area contributed by atoms with E-state index in [1.54, 1.807) is 18.2 Å². The molecule has 0 saturated carbocycles. The quantitative estimate of drug-likeness (QED) is 0.830. The SMILES string of the molecule is CC(C)CC(=O)Cc1nc(-c2ccc(Cl)c(Cl)c2)no1. The summed E-state index contributed by atoms with van der Waals surface area (Å²) in [5.74, 6) is 1.12. The maximum atomic E-state index is 11.7.